The van der Waals surface area contributed by atoms with Gasteiger partial charge in [0.15, 0.2) is 0 Å². The average molecular weight is 471 g/mol. The van der Waals surface area contributed by atoms with Crippen LogP contribution in [-0.4, -0.2) is 34.6 Å². The Kier molecular flexibility index (Phi) is 6.56. The Morgan fingerprint density at radius 3 is 2.58 bits per heavy atom. The predicted octanol–water partition coefficient (Wildman–Crippen LogP) is 4.02. The third-order valence-electron chi connectivity index (χ3n) is 5.19. The molecule has 0 saturated heterocycles. The lowest BCUT2D eigenvalue weighted by Gasteiger charge is -2.30. The first-order valence-electron chi connectivity index (χ1n) is 10.0. The Balaban J connectivity index is 2.22. The second kappa shape index (κ2) is 9.03. The minimum Gasteiger partial charge on any atom is -0.465 e. The van der Waals surface area contributed by atoms with Crippen molar-refractivity contribution in [3.05, 3.63) is 71.9 Å². The number of nitriles is 1. The summed E-state index contributed by atoms with van der Waals surface area (Å²) in [4.78, 5) is 14.8. The second-order valence-electron chi connectivity index (χ2n) is 8.55. The number of rotatable bonds is 6. The minimum atomic E-state index is -4.38. The van der Waals surface area contributed by atoms with Crippen molar-refractivity contribution in [2.24, 2.45) is 5.41 Å². The van der Waals surface area contributed by atoms with Crippen LogP contribution in [0.2, 0.25) is 0 Å². The summed E-state index contributed by atoms with van der Waals surface area (Å²) in [6.45, 7) is 5.57. The largest absolute Gasteiger partial charge is 0.465 e. The molecule has 3 aromatic rings. The molecule has 2 aromatic heterocycles. The standard InChI is InChI=1S/C23H23FN4O4S/c1-23(2,3)21(27-22(29)30)12-15-11-19(16-7-6-10-26-18(16)13-25)28(14-15)33(31,32)20-9-5-4-8-17(20)24/h4-11,14,21,27H,12H2,1-3H3,(H,29,30). The van der Waals surface area contributed by atoms with Crippen molar-refractivity contribution < 1.29 is 22.7 Å². The van der Waals surface area contributed by atoms with E-state index in [0.29, 0.717) is 5.56 Å². The maximum absolute atomic E-state index is 14.4. The van der Waals surface area contributed by atoms with E-state index < -0.39 is 38.3 Å². The normalized spacial score (nSPS) is 12.7. The third kappa shape index (κ3) is 5.04. The molecular weight excluding hydrogens is 447 g/mol. The van der Waals surface area contributed by atoms with Gasteiger partial charge in [0, 0.05) is 24.0 Å². The lowest BCUT2D eigenvalue weighted by Crippen LogP contribution is -2.44. The van der Waals surface area contributed by atoms with Crippen LogP contribution in [0.15, 0.2) is 59.8 Å². The van der Waals surface area contributed by atoms with E-state index in [1.54, 1.807) is 18.2 Å². The van der Waals surface area contributed by atoms with Gasteiger partial charge in [0.25, 0.3) is 10.0 Å². The smallest absolute Gasteiger partial charge is 0.404 e. The van der Waals surface area contributed by atoms with Gasteiger partial charge in [0.05, 0.1) is 5.69 Å². The highest BCUT2D eigenvalue weighted by Gasteiger charge is 2.30. The highest BCUT2D eigenvalue weighted by molar-refractivity contribution is 7.90. The van der Waals surface area contributed by atoms with Crippen molar-refractivity contribution in [1.82, 2.24) is 14.3 Å². The first kappa shape index (κ1) is 23.9. The molecule has 1 aromatic carbocycles. The monoisotopic (exact) mass is 470 g/mol. The molecule has 0 saturated carbocycles. The minimum absolute atomic E-state index is 0.00293. The van der Waals surface area contributed by atoms with E-state index in [1.807, 2.05) is 26.8 Å². The van der Waals surface area contributed by atoms with Gasteiger partial charge in [-0.2, -0.15) is 5.26 Å². The summed E-state index contributed by atoms with van der Waals surface area (Å²) < 4.78 is 42.2. The lowest BCUT2D eigenvalue weighted by atomic mass is 9.83. The van der Waals surface area contributed by atoms with Crippen LogP contribution in [0.4, 0.5) is 9.18 Å². The van der Waals surface area contributed by atoms with Crippen LogP contribution in [0.25, 0.3) is 11.3 Å². The van der Waals surface area contributed by atoms with Gasteiger partial charge >= 0.3 is 6.09 Å². The fraction of sp³-hybridized carbons (Fsp3) is 0.261. The number of nitrogens with one attached hydrogen (secondary N) is 1. The summed E-state index contributed by atoms with van der Waals surface area (Å²) in [5, 5.41) is 21.2. The first-order valence-corrected chi connectivity index (χ1v) is 11.5. The molecule has 33 heavy (non-hydrogen) atoms. The number of amides is 1. The number of pyridine rings is 1. The maximum atomic E-state index is 14.4. The van der Waals surface area contributed by atoms with Gasteiger partial charge in [-0.25, -0.2) is 26.6 Å². The van der Waals surface area contributed by atoms with E-state index in [2.05, 4.69) is 10.3 Å². The fourth-order valence-corrected chi connectivity index (χ4v) is 4.88. The highest BCUT2D eigenvalue weighted by Crippen LogP contribution is 2.31. The van der Waals surface area contributed by atoms with E-state index >= 15 is 0 Å². The molecule has 8 nitrogen and oxygen atoms in total. The van der Waals surface area contributed by atoms with E-state index in [-0.39, 0.29) is 23.4 Å². The van der Waals surface area contributed by atoms with Crippen molar-refractivity contribution in [2.75, 3.05) is 0 Å². The Labute approximate surface area is 191 Å². The highest BCUT2D eigenvalue weighted by atomic mass is 32.2. The Morgan fingerprint density at radius 2 is 1.97 bits per heavy atom. The number of carbonyl (C=O) groups is 1. The zero-order chi connectivity index (χ0) is 24.4. The Hall–Kier alpha value is -3.71. The van der Waals surface area contributed by atoms with E-state index in [4.69, 9.17) is 0 Å². The van der Waals surface area contributed by atoms with Crippen LogP contribution in [-0.2, 0) is 16.4 Å². The summed E-state index contributed by atoms with van der Waals surface area (Å²) in [5.41, 5.74) is 0.400. The van der Waals surface area contributed by atoms with Gasteiger partial charge in [-0.15, -0.1) is 0 Å². The average Bonchev–Trinajstić information content (AvgIpc) is 3.17. The number of benzene rings is 1. The molecule has 3 rings (SSSR count). The summed E-state index contributed by atoms with van der Waals surface area (Å²) in [6, 6.07) is 11.1. The molecule has 2 N–H and O–H groups in total. The van der Waals surface area contributed by atoms with Gasteiger partial charge in [-0.05, 0) is 47.7 Å². The van der Waals surface area contributed by atoms with Crippen LogP contribution in [0.5, 0.6) is 0 Å². The zero-order valence-corrected chi connectivity index (χ0v) is 19.1. The molecule has 1 amide bonds. The zero-order valence-electron chi connectivity index (χ0n) is 18.3. The van der Waals surface area contributed by atoms with Gasteiger partial charge in [-0.1, -0.05) is 32.9 Å². The molecule has 0 aliphatic carbocycles. The van der Waals surface area contributed by atoms with Crippen molar-refractivity contribution >= 4 is 16.1 Å². The molecule has 172 valence electrons. The van der Waals surface area contributed by atoms with Crippen LogP contribution in [0.3, 0.4) is 0 Å². The van der Waals surface area contributed by atoms with Crippen LogP contribution >= 0.6 is 0 Å². The fourth-order valence-electron chi connectivity index (χ4n) is 3.42. The van der Waals surface area contributed by atoms with E-state index in [9.17, 15) is 28.0 Å². The van der Waals surface area contributed by atoms with Crippen LogP contribution in [0.1, 0.15) is 32.0 Å². The number of hydrogen-bond donors (Lipinski definition) is 2. The quantitative estimate of drug-likeness (QED) is 0.560. The van der Waals surface area contributed by atoms with E-state index in [1.165, 1.54) is 24.5 Å². The van der Waals surface area contributed by atoms with Gasteiger partial charge in [0.2, 0.25) is 0 Å². The third-order valence-corrected chi connectivity index (χ3v) is 6.90. The first-order chi connectivity index (χ1) is 15.4. The molecule has 1 unspecified atom stereocenters. The molecule has 10 heteroatoms. The van der Waals surface area contributed by atoms with Crippen molar-refractivity contribution in [1.29, 1.82) is 5.26 Å². The molecule has 1 atom stereocenters. The van der Waals surface area contributed by atoms with Crippen molar-refractivity contribution in [3.63, 3.8) is 0 Å². The Bertz CT molecular complexity index is 1340. The number of halogens is 1. The summed E-state index contributed by atoms with van der Waals surface area (Å²) in [5.74, 6) is -0.912. The molecular formula is C23H23FN4O4S. The second-order valence-corrected chi connectivity index (χ2v) is 10.3. The van der Waals surface area contributed by atoms with Gasteiger partial charge in [-0.3, -0.25) is 0 Å². The molecule has 2 heterocycles. The maximum Gasteiger partial charge on any atom is 0.404 e. The molecule has 0 aliphatic heterocycles. The summed E-state index contributed by atoms with van der Waals surface area (Å²) in [6.07, 6.45) is 1.71. The number of nitrogens with zero attached hydrogens (tertiary/aromatic N) is 3. The molecule has 0 radical (unpaired) electrons. The molecule has 0 aliphatic rings. The topological polar surface area (TPSA) is 125 Å². The molecule has 0 bridgehead atoms. The van der Waals surface area contributed by atoms with Crippen molar-refractivity contribution in [3.8, 4) is 17.3 Å². The number of hydrogen-bond acceptors (Lipinski definition) is 5. The molecule has 0 fully saturated rings. The number of carboxylic acid groups (broad SMARTS) is 1. The van der Waals surface area contributed by atoms with E-state index in [0.717, 1.165) is 16.1 Å². The SMILES string of the molecule is CC(C)(C)C(Cc1cc(-c2cccnc2C#N)n(S(=O)(=O)c2ccccc2F)c1)NC(=O)O. The van der Waals surface area contributed by atoms with Crippen LogP contribution in [0, 0.1) is 22.6 Å². The number of aromatic nitrogens is 2. The lowest BCUT2D eigenvalue weighted by molar-refractivity contribution is 0.174. The summed E-state index contributed by atoms with van der Waals surface area (Å²) >= 11 is 0. The van der Waals surface area contributed by atoms with Crippen molar-refractivity contribution in [2.45, 2.75) is 38.1 Å². The van der Waals surface area contributed by atoms with Gasteiger partial charge < -0.3 is 10.4 Å². The molecule has 0 spiro atoms. The summed E-state index contributed by atoms with van der Waals surface area (Å²) in [7, 11) is -4.38. The predicted molar refractivity (Wildman–Crippen MR) is 119 cm³/mol. The Morgan fingerprint density at radius 1 is 1.27 bits per heavy atom. The van der Waals surface area contributed by atoms with Gasteiger partial charge in [0.1, 0.15) is 22.5 Å². The van der Waals surface area contributed by atoms with Crippen LogP contribution < -0.4 is 5.32 Å².